The van der Waals surface area contributed by atoms with Crippen molar-refractivity contribution in [2.24, 2.45) is 11.8 Å². The maximum absolute atomic E-state index is 2.36. The molecule has 0 aromatic carbocycles. The molecule has 1 unspecified atom stereocenters. The standard InChI is InChI=1S/C15H30/c1-3-5-6-7-11-14(10-4-2)15-12-8-9-13-15/h14-15H,3-13H2,1-2H3. The summed E-state index contributed by atoms with van der Waals surface area (Å²) in [4.78, 5) is 0. The maximum Gasteiger partial charge on any atom is -0.0386 e. The van der Waals surface area contributed by atoms with Crippen molar-refractivity contribution in [3.05, 3.63) is 0 Å². The Kier molecular flexibility index (Phi) is 7.13. The Labute approximate surface area is 96.8 Å². The van der Waals surface area contributed by atoms with E-state index in [2.05, 4.69) is 13.8 Å². The molecule has 0 heterocycles. The molecular formula is C15H30. The molecular weight excluding hydrogens is 180 g/mol. The molecule has 0 spiro atoms. The normalized spacial score (nSPS) is 19.6. The molecule has 0 aromatic rings. The molecule has 1 saturated carbocycles. The van der Waals surface area contributed by atoms with E-state index in [-0.39, 0.29) is 0 Å². The van der Waals surface area contributed by atoms with Gasteiger partial charge in [-0.05, 0) is 11.8 Å². The first-order valence-corrected chi connectivity index (χ1v) is 7.38. The zero-order valence-electron chi connectivity index (χ0n) is 10.9. The van der Waals surface area contributed by atoms with Gasteiger partial charge < -0.3 is 0 Å². The van der Waals surface area contributed by atoms with Crippen LogP contribution in [0.25, 0.3) is 0 Å². The van der Waals surface area contributed by atoms with Crippen molar-refractivity contribution in [2.75, 3.05) is 0 Å². The minimum atomic E-state index is 1.08. The fourth-order valence-corrected chi connectivity index (χ4v) is 3.25. The van der Waals surface area contributed by atoms with E-state index in [9.17, 15) is 0 Å². The van der Waals surface area contributed by atoms with Gasteiger partial charge in [-0.15, -0.1) is 0 Å². The SMILES string of the molecule is CCCCCCC(CCC)C1CCCC1. The van der Waals surface area contributed by atoms with E-state index in [1.54, 1.807) is 12.8 Å². The van der Waals surface area contributed by atoms with Crippen LogP contribution in [0.1, 0.15) is 84.5 Å². The minimum absolute atomic E-state index is 1.08. The number of unbranched alkanes of at least 4 members (excludes halogenated alkanes) is 3. The molecule has 0 bridgehead atoms. The van der Waals surface area contributed by atoms with Crippen molar-refractivity contribution in [1.82, 2.24) is 0 Å². The van der Waals surface area contributed by atoms with Gasteiger partial charge in [-0.2, -0.15) is 0 Å². The van der Waals surface area contributed by atoms with Crippen LogP contribution in [0.4, 0.5) is 0 Å². The summed E-state index contributed by atoms with van der Waals surface area (Å²) in [5.74, 6) is 2.18. The highest BCUT2D eigenvalue weighted by molar-refractivity contribution is 4.75. The molecule has 0 radical (unpaired) electrons. The summed E-state index contributed by atoms with van der Waals surface area (Å²) in [5.41, 5.74) is 0. The van der Waals surface area contributed by atoms with Crippen molar-refractivity contribution in [2.45, 2.75) is 84.5 Å². The first-order chi connectivity index (χ1) is 7.38. The van der Waals surface area contributed by atoms with E-state index in [1.165, 1.54) is 57.8 Å². The van der Waals surface area contributed by atoms with Crippen molar-refractivity contribution in [3.63, 3.8) is 0 Å². The third-order valence-electron chi connectivity index (χ3n) is 4.15. The van der Waals surface area contributed by atoms with Crippen LogP contribution in [0, 0.1) is 11.8 Å². The van der Waals surface area contributed by atoms with Crippen molar-refractivity contribution in [3.8, 4) is 0 Å². The van der Waals surface area contributed by atoms with E-state index in [4.69, 9.17) is 0 Å². The Bertz CT molecular complexity index is 133. The van der Waals surface area contributed by atoms with E-state index in [0.29, 0.717) is 0 Å². The predicted molar refractivity (Wildman–Crippen MR) is 69.1 cm³/mol. The molecule has 90 valence electrons. The highest BCUT2D eigenvalue weighted by Crippen LogP contribution is 2.36. The Balaban J connectivity index is 2.17. The lowest BCUT2D eigenvalue weighted by molar-refractivity contribution is 0.288. The summed E-state index contributed by atoms with van der Waals surface area (Å²) in [6.07, 6.45) is 16.3. The second-order valence-corrected chi connectivity index (χ2v) is 5.44. The van der Waals surface area contributed by atoms with Gasteiger partial charge in [0.15, 0.2) is 0 Å². The van der Waals surface area contributed by atoms with Crippen LogP contribution in [0.3, 0.4) is 0 Å². The molecule has 1 fully saturated rings. The van der Waals surface area contributed by atoms with Crippen LogP contribution in [0.15, 0.2) is 0 Å². The van der Waals surface area contributed by atoms with Crippen molar-refractivity contribution >= 4 is 0 Å². The van der Waals surface area contributed by atoms with Crippen LogP contribution < -0.4 is 0 Å². The second-order valence-electron chi connectivity index (χ2n) is 5.44. The highest BCUT2D eigenvalue weighted by Gasteiger charge is 2.23. The summed E-state index contributed by atoms with van der Waals surface area (Å²) < 4.78 is 0. The quantitative estimate of drug-likeness (QED) is 0.460. The monoisotopic (exact) mass is 210 g/mol. The molecule has 0 N–H and O–H groups in total. The molecule has 1 rings (SSSR count). The molecule has 0 nitrogen and oxygen atoms in total. The Hall–Kier alpha value is 0. The van der Waals surface area contributed by atoms with Gasteiger partial charge >= 0.3 is 0 Å². The number of hydrogen-bond donors (Lipinski definition) is 0. The number of rotatable bonds is 8. The average Bonchev–Trinajstić information content (AvgIpc) is 2.76. The average molecular weight is 210 g/mol. The summed E-state index contributed by atoms with van der Waals surface area (Å²) in [6.45, 7) is 4.66. The van der Waals surface area contributed by atoms with Crippen LogP contribution in [0.5, 0.6) is 0 Å². The molecule has 0 saturated heterocycles. The van der Waals surface area contributed by atoms with Gasteiger partial charge in [0.1, 0.15) is 0 Å². The highest BCUT2D eigenvalue weighted by atomic mass is 14.3. The summed E-state index contributed by atoms with van der Waals surface area (Å²) in [6, 6.07) is 0. The minimum Gasteiger partial charge on any atom is -0.0654 e. The van der Waals surface area contributed by atoms with E-state index < -0.39 is 0 Å². The Morgan fingerprint density at radius 1 is 0.867 bits per heavy atom. The molecule has 1 aliphatic rings. The van der Waals surface area contributed by atoms with E-state index in [1.807, 2.05) is 0 Å². The van der Waals surface area contributed by atoms with Gasteiger partial charge in [0.25, 0.3) is 0 Å². The molecule has 1 aliphatic carbocycles. The maximum atomic E-state index is 2.36. The molecule has 15 heavy (non-hydrogen) atoms. The van der Waals surface area contributed by atoms with Gasteiger partial charge in [-0.3, -0.25) is 0 Å². The van der Waals surface area contributed by atoms with E-state index in [0.717, 1.165) is 11.8 Å². The van der Waals surface area contributed by atoms with Gasteiger partial charge in [0.2, 0.25) is 0 Å². The lowest BCUT2D eigenvalue weighted by atomic mass is 9.83. The zero-order chi connectivity index (χ0) is 10.9. The molecule has 1 atom stereocenters. The van der Waals surface area contributed by atoms with Crippen molar-refractivity contribution in [1.29, 1.82) is 0 Å². The fourth-order valence-electron chi connectivity index (χ4n) is 3.25. The number of hydrogen-bond acceptors (Lipinski definition) is 0. The third kappa shape index (κ3) is 5.04. The van der Waals surface area contributed by atoms with Crippen LogP contribution in [0.2, 0.25) is 0 Å². The summed E-state index contributed by atoms with van der Waals surface area (Å²) in [7, 11) is 0. The molecule has 0 amide bonds. The predicted octanol–water partition coefficient (Wildman–Crippen LogP) is 5.56. The fraction of sp³-hybridized carbons (Fsp3) is 1.00. The van der Waals surface area contributed by atoms with Crippen LogP contribution >= 0.6 is 0 Å². The van der Waals surface area contributed by atoms with Gasteiger partial charge in [-0.1, -0.05) is 84.5 Å². The van der Waals surface area contributed by atoms with E-state index >= 15 is 0 Å². The zero-order valence-corrected chi connectivity index (χ0v) is 10.9. The summed E-state index contributed by atoms with van der Waals surface area (Å²) in [5, 5.41) is 0. The smallest absolute Gasteiger partial charge is 0.0386 e. The van der Waals surface area contributed by atoms with Gasteiger partial charge in [0.05, 0.1) is 0 Å². The topological polar surface area (TPSA) is 0 Å². The molecule has 0 aliphatic heterocycles. The lowest BCUT2D eigenvalue weighted by Gasteiger charge is -2.22. The lowest BCUT2D eigenvalue weighted by Crippen LogP contribution is -2.11. The van der Waals surface area contributed by atoms with Crippen LogP contribution in [-0.2, 0) is 0 Å². The van der Waals surface area contributed by atoms with Crippen molar-refractivity contribution < 1.29 is 0 Å². The second kappa shape index (κ2) is 8.19. The van der Waals surface area contributed by atoms with Gasteiger partial charge in [0, 0.05) is 0 Å². The third-order valence-corrected chi connectivity index (χ3v) is 4.15. The summed E-state index contributed by atoms with van der Waals surface area (Å²) >= 11 is 0. The molecule has 0 aromatic heterocycles. The first kappa shape index (κ1) is 13.1. The Morgan fingerprint density at radius 3 is 2.20 bits per heavy atom. The van der Waals surface area contributed by atoms with Crippen LogP contribution in [-0.4, -0.2) is 0 Å². The van der Waals surface area contributed by atoms with Gasteiger partial charge in [-0.25, -0.2) is 0 Å². The largest absolute Gasteiger partial charge is 0.0654 e. The first-order valence-electron chi connectivity index (χ1n) is 7.38. The molecule has 0 heteroatoms. The Morgan fingerprint density at radius 2 is 1.60 bits per heavy atom.